The molecule has 1 saturated heterocycles. The van der Waals surface area contributed by atoms with E-state index in [1.807, 2.05) is 0 Å². The average molecular weight is 213 g/mol. The molecule has 2 N–H and O–H groups in total. The van der Waals surface area contributed by atoms with Crippen LogP contribution in [0.25, 0.3) is 0 Å². The fourth-order valence-electron chi connectivity index (χ4n) is 2.70. The molecule has 15 heavy (non-hydrogen) atoms. The summed E-state index contributed by atoms with van der Waals surface area (Å²) in [5.41, 5.74) is 0.524. The van der Waals surface area contributed by atoms with Crippen LogP contribution < -0.4 is 5.32 Å². The van der Waals surface area contributed by atoms with Crippen LogP contribution >= 0.6 is 0 Å². The van der Waals surface area contributed by atoms with Gasteiger partial charge in [-0.25, -0.2) is 0 Å². The lowest BCUT2D eigenvalue weighted by molar-refractivity contribution is -0.1000. The predicted octanol–water partition coefficient (Wildman–Crippen LogP) is 1.17. The molecule has 88 valence electrons. The second-order valence-corrected chi connectivity index (χ2v) is 5.77. The molecule has 0 atom stereocenters. The van der Waals surface area contributed by atoms with E-state index in [9.17, 15) is 5.11 Å². The Hall–Kier alpha value is -0.120. The number of aliphatic hydroxyl groups is 1. The Morgan fingerprint density at radius 3 is 2.33 bits per heavy atom. The third kappa shape index (κ3) is 2.52. The Labute approximate surface area is 92.2 Å². The van der Waals surface area contributed by atoms with Crippen LogP contribution in [-0.2, 0) is 4.74 Å². The second kappa shape index (κ2) is 4.40. The molecule has 0 spiro atoms. The summed E-state index contributed by atoms with van der Waals surface area (Å²) < 4.78 is 5.22. The summed E-state index contributed by atoms with van der Waals surface area (Å²) in [6, 6.07) is 0. The minimum Gasteiger partial charge on any atom is -0.396 e. The molecular formula is C12H23NO2. The lowest BCUT2D eigenvalue weighted by Crippen LogP contribution is -2.49. The van der Waals surface area contributed by atoms with Crippen molar-refractivity contribution in [3.63, 3.8) is 0 Å². The van der Waals surface area contributed by atoms with Gasteiger partial charge in [0.1, 0.15) is 0 Å². The van der Waals surface area contributed by atoms with E-state index in [1.54, 1.807) is 0 Å². The molecule has 3 heteroatoms. The van der Waals surface area contributed by atoms with E-state index < -0.39 is 0 Å². The minimum absolute atomic E-state index is 0.182. The maximum Gasteiger partial charge on any atom is 0.0554 e. The van der Waals surface area contributed by atoms with Crippen LogP contribution in [0.15, 0.2) is 0 Å². The Morgan fingerprint density at radius 1 is 1.20 bits per heavy atom. The maximum absolute atomic E-state index is 9.45. The molecule has 0 amide bonds. The molecule has 0 aromatic carbocycles. The Kier molecular flexibility index (Phi) is 3.33. The van der Waals surface area contributed by atoms with Crippen molar-refractivity contribution < 1.29 is 9.84 Å². The highest BCUT2D eigenvalue weighted by atomic mass is 16.5. The molecule has 2 fully saturated rings. The lowest BCUT2D eigenvalue weighted by atomic mass is 9.85. The van der Waals surface area contributed by atoms with Gasteiger partial charge in [-0.1, -0.05) is 19.8 Å². The van der Waals surface area contributed by atoms with Crippen LogP contribution in [0.3, 0.4) is 0 Å². The van der Waals surface area contributed by atoms with Gasteiger partial charge in [0.15, 0.2) is 0 Å². The maximum atomic E-state index is 9.45. The van der Waals surface area contributed by atoms with Gasteiger partial charge in [-0.15, -0.1) is 0 Å². The van der Waals surface area contributed by atoms with Gasteiger partial charge < -0.3 is 15.2 Å². The van der Waals surface area contributed by atoms with Gasteiger partial charge in [-0.05, 0) is 12.8 Å². The number of hydrogen-bond donors (Lipinski definition) is 2. The van der Waals surface area contributed by atoms with Crippen LogP contribution in [0.2, 0.25) is 0 Å². The third-order valence-electron chi connectivity index (χ3n) is 3.95. The number of rotatable bonds is 5. The number of aliphatic hydroxyl groups excluding tert-OH is 1. The van der Waals surface area contributed by atoms with E-state index in [0.717, 1.165) is 26.3 Å². The zero-order valence-electron chi connectivity index (χ0n) is 9.72. The zero-order valence-corrected chi connectivity index (χ0v) is 9.72. The molecule has 1 aliphatic heterocycles. The van der Waals surface area contributed by atoms with Gasteiger partial charge in [-0.3, -0.25) is 0 Å². The summed E-state index contributed by atoms with van der Waals surface area (Å²) in [6.07, 6.45) is 4.93. The minimum atomic E-state index is 0.182. The van der Waals surface area contributed by atoms with Gasteiger partial charge in [0.2, 0.25) is 0 Å². The topological polar surface area (TPSA) is 41.5 Å². The van der Waals surface area contributed by atoms with Crippen molar-refractivity contribution in [2.75, 3.05) is 32.9 Å². The highest BCUT2D eigenvalue weighted by Gasteiger charge is 2.36. The van der Waals surface area contributed by atoms with E-state index in [4.69, 9.17) is 4.74 Å². The summed E-state index contributed by atoms with van der Waals surface area (Å²) in [5, 5.41) is 13.0. The lowest BCUT2D eigenvalue weighted by Gasteiger charge is -2.39. The predicted molar refractivity (Wildman–Crippen MR) is 59.8 cm³/mol. The molecule has 0 aromatic heterocycles. The molecule has 2 aliphatic rings. The SMILES string of the molecule is CC1(CNCC2(CO)CCCC2)COC1. The highest BCUT2D eigenvalue weighted by Crippen LogP contribution is 2.37. The first-order valence-electron chi connectivity index (χ1n) is 6.08. The molecule has 1 heterocycles. The first-order valence-corrected chi connectivity index (χ1v) is 6.08. The summed E-state index contributed by atoms with van der Waals surface area (Å²) >= 11 is 0. The monoisotopic (exact) mass is 213 g/mol. The van der Waals surface area contributed by atoms with Crippen molar-refractivity contribution in [2.45, 2.75) is 32.6 Å². The highest BCUT2D eigenvalue weighted by molar-refractivity contribution is 4.88. The van der Waals surface area contributed by atoms with Gasteiger partial charge in [-0.2, -0.15) is 0 Å². The molecule has 0 bridgehead atoms. The van der Waals surface area contributed by atoms with E-state index in [-0.39, 0.29) is 5.41 Å². The molecule has 0 aromatic rings. The summed E-state index contributed by atoms with van der Waals surface area (Å²) in [7, 11) is 0. The van der Waals surface area contributed by atoms with E-state index in [1.165, 1.54) is 25.7 Å². The summed E-state index contributed by atoms with van der Waals surface area (Å²) in [5.74, 6) is 0. The van der Waals surface area contributed by atoms with E-state index in [0.29, 0.717) is 12.0 Å². The van der Waals surface area contributed by atoms with Gasteiger partial charge in [0.05, 0.1) is 13.2 Å². The van der Waals surface area contributed by atoms with Crippen LogP contribution in [-0.4, -0.2) is 38.0 Å². The molecule has 1 saturated carbocycles. The van der Waals surface area contributed by atoms with Crippen LogP contribution in [0.5, 0.6) is 0 Å². The van der Waals surface area contributed by atoms with E-state index in [2.05, 4.69) is 12.2 Å². The van der Waals surface area contributed by atoms with Crippen molar-refractivity contribution in [1.29, 1.82) is 0 Å². The second-order valence-electron chi connectivity index (χ2n) is 5.77. The molecule has 0 radical (unpaired) electrons. The summed E-state index contributed by atoms with van der Waals surface area (Å²) in [6.45, 7) is 6.35. The Balaban J connectivity index is 1.71. The standard InChI is InChI=1S/C12H23NO2/c1-11(9-15-10-11)6-13-7-12(8-14)4-2-3-5-12/h13-14H,2-10H2,1H3. The fourth-order valence-corrected chi connectivity index (χ4v) is 2.70. The first-order chi connectivity index (χ1) is 7.18. The van der Waals surface area contributed by atoms with Crippen LogP contribution in [0, 0.1) is 10.8 Å². The van der Waals surface area contributed by atoms with Crippen LogP contribution in [0.1, 0.15) is 32.6 Å². The van der Waals surface area contributed by atoms with Gasteiger partial charge in [0, 0.05) is 30.5 Å². The van der Waals surface area contributed by atoms with Gasteiger partial charge >= 0.3 is 0 Å². The molecule has 2 rings (SSSR count). The normalized spacial score (nSPS) is 27.6. The van der Waals surface area contributed by atoms with Crippen LogP contribution in [0.4, 0.5) is 0 Å². The smallest absolute Gasteiger partial charge is 0.0554 e. The molecule has 3 nitrogen and oxygen atoms in total. The summed E-state index contributed by atoms with van der Waals surface area (Å²) in [4.78, 5) is 0. The molecule has 1 aliphatic carbocycles. The van der Waals surface area contributed by atoms with Crippen molar-refractivity contribution in [3.8, 4) is 0 Å². The van der Waals surface area contributed by atoms with Crippen molar-refractivity contribution >= 4 is 0 Å². The first kappa shape index (κ1) is 11.4. The van der Waals surface area contributed by atoms with Crippen molar-refractivity contribution in [3.05, 3.63) is 0 Å². The fraction of sp³-hybridized carbons (Fsp3) is 1.00. The third-order valence-corrected chi connectivity index (χ3v) is 3.95. The van der Waals surface area contributed by atoms with Gasteiger partial charge in [0.25, 0.3) is 0 Å². The number of ether oxygens (including phenoxy) is 1. The molecule has 0 unspecified atom stereocenters. The largest absolute Gasteiger partial charge is 0.396 e. The quantitative estimate of drug-likeness (QED) is 0.720. The van der Waals surface area contributed by atoms with E-state index >= 15 is 0 Å². The average Bonchev–Trinajstić information content (AvgIpc) is 2.65. The number of nitrogens with one attached hydrogen (secondary N) is 1. The number of hydrogen-bond acceptors (Lipinski definition) is 3. The Morgan fingerprint density at radius 2 is 1.87 bits per heavy atom. The molecular weight excluding hydrogens is 190 g/mol. The zero-order chi connectivity index (χ0) is 10.8. The Bertz CT molecular complexity index is 208. The van der Waals surface area contributed by atoms with Crippen molar-refractivity contribution in [2.24, 2.45) is 10.8 Å². The van der Waals surface area contributed by atoms with Crippen molar-refractivity contribution in [1.82, 2.24) is 5.32 Å².